The van der Waals surface area contributed by atoms with Gasteiger partial charge in [0.1, 0.15) is 0 Å². The molecule has 1 heterocycles. The number of rotatable bonds is 2. The average Bonchev–Trinajstić information content (AvgIpc) is 2.36. The molecule has 0 amide bonds. The van der Waals surface area contributed by atoms with Crippen LogP contribution in [0.15, 0.2) is 0 Å². The molecule has 4 heteroatoms. The van der Waals surface area contributed by atoms with E-state index in [0.29, 0.717) is 5.92 Å². The lowest BCUT2D eigenvalue weighted by Crippen LogP contribution is -2.21. The summed E-state index contributed by atoms with van der Waals surface area (Å²) in [4.78, 5) is 11.2. The van der Waals surface area contributed by atoms with Gasteiger partial charge in [-0.2, -0.15) is 0 Å². The molecule has 0 bridgehead atoms. The topological polar surface area (TPSA) is 38.3 Å². The van der Waals surface area contributed by atoms with Crippen molar-refractivity contribution in [2.24, 2.45) is 11.8 Å². The minimum Gasteiger partial charge on any atom is -0.448 e. The molecule has 3 atom stereocenters. The summed E-state index contributed by atoms with van der Waals surface area (Å²) in [6.45, 7) is 5.66. The van der Waals surface area contributed by atoms with Crippen LogP contribution >= 0.6 is 8.81 Å². The lowest BCUT2D eigenvalue weighted by molar-refractivity contribution is -0.138. The quantitative estimate of drug-likeness (QED) is 0.625. The van der Waals surface area contributed by atoms with Gasteiger partial charge >= 0.3 is 5.97 Å². The van der Waals surface area contributed by atoms with Crippen molar-refractivity contribution in [2.75, 3.05) is 19.8 Å². The van der Waals surface area contributed by atoms with Crippen molar-refractivity contribution < 1.29 is 9.32 Å². The highest BCUT2D eigenvalue weighted by molar-refractivity contribution is 7.31. The van der Waals surface area contributed by atoms with E-state index >= 15 is 0 Å². The van der Waals surface area contributed by atoms with Gasteiger partial charge in [0.25, 0.3) is 0 Å². The van der Waals surface area contributed by atoms with Crippen molar-refractivity contribution in [1.29, 1.82) is 0 Å². The molecule has 1 rings (SSSR count). The monoisotopic (exact) mass is 175 g/mol. The van der Waals surface area contributed by atoms with Crippen molar-refractivity contribution in [3.05, 3.63) is 0 Å². The van der Waals surface area contributed by atoms with Crippen LogP contribution < -0.4 is 5.32 Å². The molecular weight excluding hydrogens is 161 g/mol. The summed E-state index contributed by atoms with van der Waals surface area (Å²) in [5, 5.41) is 3.16. The van der Waals surface area contributed by atoms with Crippen molar-refractivity contribution >= 4 is 14.8 Å². The summed E-state index contributed by atoms with van der Waals surface area (Å²) >= 11 is 0. The Bertz CT molecular complexity index is 151. The van der Waals surface area contributed by atoms with Crippen LogP contribution in [0.25, 0.3) is 0 Å². The van der Waals surface area contributed by atoms with Gasteiger partial charge < -0.3 is 9.84 Å². The maximum Gasteiger partial charge on any atom is 0.312 e. The largest absolute Gasteiger partial charge is 0.448 e. The molecule has 1 unspecified atom stereocenters. The molecule has 1 saturated heterocycles. The molecular formula is C7H14NO2P. The molecule has 64 valence electrons. The summed E-state index contributed by atoms with van der Waals surface area (Å²) in [6.07, 6.45) is 0. The van der Waals surface area contributed by atoms with E-state index in [1.54, 1.807) is 0 Å². The molecule has 0 aliphatic carbocycles. The third-order valence-corrected chi connectivity index (χ3v) is 2.43. The van der Waals surface area contributed by atoms with Gasteiger partial charge in [0.05, 0.1) is 14.7 Å². The van der Waals surface area contributed by atoms with Gasteiger partial charge in [-0.1, -0.05) is 6.92 Å². The van der Waals surface area contributed by atoms with E-state index in [1.807, 2.05) is 6.66 Å². The molecule has 0 aromatic carbocycles. The highest BCUT2D eigenvalue weighted by Gasteiger charge is 2.30. The molecule has 1 aliphatic heterocycles. The standard InChI is InChI=1S/C7H14NO2P/c1-5-3-8-4-6(5)7(9)10-11-2/h5-6,8,11H,3-4H2,1-2H3/t5-,6+/m0/s1. The van der Waals surface area contributed by atoms with Crippen LogP contribution in [0.3, 0.4) is 0 Å². The predicted octanol–water partition coefficient (Wildman–Crippen LogP) is 0.608. The summed E-state index contributed by atoms with van der Waals surface area (Å²) in [7, 11) is 0.277. The SMILES string of the molecule is CPOC(=O)[C@@H]1CNC[C@@H]1C. The Kier molecular flexibility index (Phi) is 3.28. The number of hydrogen-bond acceptors (Lipinski definition) is 3. The van der Waals surface area contributed by atoms with Crippen molar-refractivity contribution in [3.63, 3.8) is 0 Å². The van der Waals surface area contributed by atoms with Gasteiger partial charge in [-0.3, -0.25) is 4.79 Å². The molecule has 1 aliphatic rings. The zero-order valence-corrected chi connectivity index (χ0v) is 7.89. The van der Waals surface area contributed by atoms with Crippen molar-refractivity contribution in [3.8, 4) is 0 Å². The molecule has 0 aromatic rings. The second-order valence-corrected chi connectivity index (χ2v) is 3.48. The highest BCUT2D eigenvalue weighted by atomic mass is 31.1. The van der Waals surface area contributed by atoms with Gasteiger partial charge in [0.2, 0.25) is 0 Å². The van der Waals surface area contributed by atoms with Crippen LogP contribution in [0, 0.1) is 11.8 Å². The Balaban J connectivity index is 2.39. The van der Waals surface area contributed by atoms with Crippen molar-refractivity contribution in [2.45, 2.75) is 6.92 Å². The van der Waals surface area contributed by atoms with Crippen LogP contribution in [0.5, 0.6) is 0 Å². The van der Waals surface area contributed by atoms with E-state index in [-0.39, 0.29) is 20.7 Å². The molecule has 1 fully saturated rings. The lowest BCUT2D eigenvalue weighted by atomic mass is 9.99. The highest BCUT2D eigenvalue weighted by Crippen LogP contribution is 2.20. The maximum absolute atomic E-state index is 11.2. The number of carbonyl (C=O) groups is 1. The van der Waals surface area contributed by atoms with Gasteiger partial charge in [-0.05, 0) is 19.1 Å². The first-order valence-electron chi connectivity index (χ1n) is 3.84. The van der Waals surface area contributed by atoms with Crippen LogP contribution in [0.4, 0.5) is 0 Å². The summed E-state index contributed by atoms with van der Waals surface area (Å²) in [5.41, 5.74) is 0. The summed E-state index contributed by atoms with van der Waals surface area (Å²) in [6, 6.07) is 0. The smallest absolute Gasteiger partial charge is 0.312 e. The molecule has 11 heavy (non-hydrogen) atoms. The Hall–Kier alpha value is -0.140. The first kappa shape index (κ1) is 8.95. The van der Waals surface area contributed by atoms with E-state index in [4.69, 9.17) is 4.52 Å². The van der Waals surface area contributed by atoms with E-state index in [9.17, 15) is 4.79 Å². The molecule has 1 N–H and O–H groups in total. The second kappa shape index (κ2) is 4.03. The minimum atomic E-state index is -0.0386. The van der Waals surface area contributed by atoms with E-state index < -0.39 is 0 Å². The fraction of sp³-hybridized carbons (Fsp3) is 0.857. The first-order valence-corrected chi connectivity index (χ1v) is 5.24. The normalized spacial score (nSPS) is 31.5. The van der Waals surface area contributed by atoms with Crippen LogP contribution in [-0.4, -0.2) is 25.7 Å². The molecule has 0 aromatic heterocycles. The molecule has 3 nitrogen and oxygen atoms in total. The molecule has 0 radical (unpaired) electrons. The van der Waals surface area contributed by atoms with E-state index in [2.05, 4.69) is 12.2 Å². The Morgan fingerprint density at radius 2 is 2.36 bits per heavy atom. The van der Waals surface area contributed by atoms with Gasteiger partial charge in [-0.15, -0.1) is 0 Å². The fourth-order valence-corrected chi connectivity index (χ4v) is 1.65. The first-order chi connectivity index (χ1) is 5.25. The number of hydrogen-bond donors (Lipinski definition) is 1. The van der Waals surface area contributed by atoms with Gasteiger partial charge in [0.15, 0.2) is 0 Å². The second-order valence-electron chi connectivity index (χ2n) is 2.87. The Morgan fingerprint density at radius 1 is 1.64 bits per heavy atom. The lowest BCUT2D eigenvalue weighted by Gasteiger charge is -2.11. The van der Waals surface area contributed by atoms with E-state index in [0.717, 1.165) is 13.1 Å². The third kappa shape index (κ3) is 2.14. The van der Waals surface area contributed by atoms with Crippen LogP contribution in [0.2, 0.25) is 0 Å². The Labute approximate surface area is 68.7 Å². The van der Waals surface area contributed by atoms with Gasteiger partial charge in [0, 0.05) is 6.54 Å². The zero-order chi connectivity index (χ0) is 8.27. The van der Waals surface area contributed by atoms with Crippen molar-refractivity contribution in [1.82, 2.24) is 5.32 Å². The average molecular weight is 175 g/mol. The number of carbonyl (C=O) groups excluding carboxylic acids is 1. The van der Waals surface area contributed by atoms with Gasteiger partial charge in [-0.25, -0.2) is 0 Å². The molecule has 0 spiro atoms. The number of nitrogens with one attached hydrogen (secondary N) is 1. The summed E-state index contributed by atoms with van der Waals surface area (Å²) < 4.78 is 4.95. The zero-order valence-electron chi connectivity index (χ0n) is 6.89. The fourth-order valence-electron chi connectivity index (χ4n) is 1.30. The summed E-state index contributed by atoms with van der Waals surface area (Å²) in [5.74, 6) is 0.477. The van der Waals surface area contributed by atoms with Crippen LogP contribution in [-0.2, 0) is 9.32 Å². The van der Waals surface area contributed by atoms with Crippen LogP contribution in [0.1, 0.15) is 6.92 Å². The minimum absolute atomic E-state index is 0.0386. The predicted molar refractivity (Wildman–Crippen MR) is 45.9 cm³/mol. The molecule has 0 saturated carbocycles. The maximum atomic E-state index is 11.2. The third-order valence-electron chi connectivity index (χ3n) is 2.02. The van der Waals surface area contributed by atoms with E-state index in [1.165, 1.54) is 0 Å². The Morgan fingerprint density at radius 3 is 2.82 bits per heavy atom.